The van der Waals surface area contributed by atoms with E-state index in [1.165, 1.54) is 5.56 Å². The van der Waals surface area contributed by atoms with Crippen LogP contribution in [0.3, 0.4) is 0 Å². The first-order chi connectivity index (χ1) is 7.54. The number of nitrogens with one attached hydrogen (secondary N) is 1. The highest BCUT2D eigenvalue weighted by Gasteiger charge is 2.12. The monoisotopic (exact) mass is 285 g/mol. The largest absolute Gasteiger partial charge is 0.383 e. The highest BCUT2D eigenvalue weighted by atomic mass is 79.9. The molecule has 0 saturated heterocycles. The number of rotatable bonds is 5. The minimum Gasteiger partial charge on any atom is -0.383 e. The molecule has 3 heteroatoms. The van der Waals surface area contributed by atoms with E-state index in [-0.39, 0.29) is 0 Å². The maximum absolute atomic E-state index is 5.22. The lowest BCUT2D eigenvalue weighted by Crippen LogP contribution is -2.30. The molecule has 0 aliphatic rings. The van der Waals surface area contributed by atoms with Gasteiger partial charge in [-0.2, -0.15) is 0 Å². The topological polar surface area (TPSA) is 21.3 Å². The minimum atomic E-state index is 0.352. The third kappa shape index (κ3) is 3.80. The Morgan fingerprint density at radius 2 is 2.06 bits per heavy atom. The zero-order valence-electron chi connectivity index (χ0n) is 10.4. The van der Waals surface area contributed by atoms with Crippen LogP contribution in [0.2, 0.25) is 0 Å². The number of halogens is 1. The van der Waals surface area contributed by atoms with E-state index in [1.54, 1.807) is 7.11 Å². The molecule has 1 atom stereocenters. The number of benzene rings is 1. The molecule has 0 aromatic heterocycles. The molecule has 0 spiro atoms. The Kier molecular flexibility index (Phi) is 5.29. The van der Waals surface area contributed by atoms with Gasteiger partial charge >= 0.3 is 0 Å². The van der Waals surface area contributed by atoms with Crippen molar-refractivity contribution in [3.05, 3.63) is 28.2 Å². The Morgan fingerprint density at radius 1 is 1.38 bits per heavy atom. The molecular weight excluding hydrogens is 266 g/mol. The van der Waals surface area contributed by atoms with Crippen LogP contribution in [0.4, 0.5) is 5.69 Å². The Bertz CT molecular complexity index is 339. The first-order valence-corrected chi connectivity index (χ1v) is 6.35. The highest BCUT2D eigenvalue weighted by Crippen LogP contribution is 2.21. The van der Waals surface area contributed by atoms with Crippen LogP contribution in [0.5, 0.6) is 0 Å². The Hall–Kier alpha value is -0.540. The molecule has 0 aliphatic heterocycles. The van der Waals surface area contributed by atoms with E-state index < -0.39 is 0 Å². The molecule has 2 nitrogen and oxygen atoms in total. The fraction of sp³-hybridized carbons (Fsp3) is 0.538. The molecule has 1 N–H and O–H groups in total. The molecule has 0 bridgehead atoms. The van der Waals surface area contributed by atoms with Crippen LogP contribution in [0.1, 0.15) is 19.4 Å². The van der Waals surface area contributed by atoms with Gasteiger partial charge in [-0.25, -0.2) is 0 Å². The van der Waals surface area contributed by atoms with Gasteiger partial charge in [0.2, 0.25) is 0 Å². The van der Waals surface area contributed by atoms with Crippen LogP contribution in [0.15, 0.2) is 22.7 Å². The molecule has 1 aromatic rings. The van der Waals surface area contributed by atoms with Gasteiger partial charge in [0.05, 0.1) is 12.6 Å². The van der Waals surface area contributed by atoms with E-state index in [4.69, 9.17) is 4.74 Å². The summed E-state index contributed by atoms with van der Waals surface area (Å²) < 4.78 is 6.36. The second-order valence-corrected chi connectivity index (χ2v) is 5.27. The lowest BCUT2D eigenvalue weighted by atomic mass is 10.0. The van der Waals surface area contributed by atoms with Crippen LogP contribution in [0.25, 0.3) is 0 Å². The fourth-order valence-corrected chi connectivity index (χ4v) is 1.78. The lowest BCUT2D eigenvalue weighted by Gasteiger charge is -2.23. The average Bonchev–Trinajstić information content (AvgIpc) is 2.22. The van der Waals surface area contributed by atoms with Gasteiger partial charge in [-0.1, -0.05) is 29.8 Å². The van der Waals surface area contributed by atoms with Crippen LogP contribution < -0.4 is 5.32 Å². The van der Waals surface area contributed by atoms with Gasteiger partial charge < -0.3 is 10.1 Å². The molecule has 16 heavy (non-hydrogen) atoms. The Balaban J connectivity index is 2.73. The number of hydrogen-bond acceptors (Lipinski definition) is 2. The quantitative estimate of drug-likeness (QED) is 0.888. The van der Waals surface area contributed by atoms with Crippen molar-refractivity contribution in [3.63, 3.8) is 0 Å². The van der Waals surface area contributed by atoms with Gasteiger partial charge in [-0.15, -0.1) is 0 Å². The predicted octanol–water partition coefficient (Wildman–Crippen LogP) is 3.84. The van der Waals surface area contributed by atoms with Crippen LogP contribution >= 0.6 is 15.9 Å². The Labute approximate surface area is 107 Å². The second kappa shape index (κ2) is 6.26. The van der Waals surface area contributed by atoms with E-state index in [0.717, 1.165) is 16.8 Å². The summed E-state index contributed by atoms with van der Waals surface area (Å²) in [6.07, 6.45) is 0. The zero-order valence-corrected chi connectivity index (χ0v) is 12.0. The summed E-state index contributed by atoms with van der Waals surface area (Å²) in [6, 6.07) is 6.66. The molecule has 1 rings (SSSR count). The summed E-state index contributed by atoms with van der Waals surface area (Å²) in [6.45, 7) is 7.22. The molecule has 1 aromatic carbocycles. The van der Waals surface area contributed by atoms with Crippen LogP contribution in [-0.4, -0.2) is 19.8 Å². The summed E-state index contributed by atoms with van der Waals surface area (Å²) in [5.74, 6) is 0.545. The normalized spacial score (nSPS) is 12.9. The van der Waals surface area contributed by atoms with Gasteiger partial charge in [-0.05, 0) is 36.6 Å². The molecule has 0 radical (unpaired) electrons. The summed E-state index contributed by atoms with van der Waals surface area (Å²) in [5, 5.41) is 3.50. The zero-order chi connectivity index (χ0) is 12.1. The van der Waals surface area contributed by atoms with Crippen molar-refractivity contribution in [2.24, 2.45) is 5.92 Å². The number of aryl methyl sites for hydroxylation is 1. The molecule has 1 unspecified atom stereocenters. The molecule has 0 amide bonds. The summed E-state index contributed by atoms with van der Waals surface area (Å²) in [5.41, 5.74) is 2.39. The van der Waals surface area contributed by atoms with Crippen molar-refractivity contribution in [2.45, 2.75) is 26.8 Å². The predicted molar refractivity (Wildman–Crippen MR) is 73.0 cm³/mol. The first kappa shape index (κ1) is 13.5. The lowest BCUT2D eigenvalue weighted by molar-refractivity contribution is 0.171. The smallest absolute Gasteiger partial charge is 0.0666 e. The second-order valence-electron chi connectivity index (χ2n) is 4.41. The minimum absolute atomic E-state index is 0.352. The van der Waals surface area contributed by atoms with E-state index in [0.29, 0.717) is 12.0 Å². The molecule has 0 fully saturated rings. The van der Waals surface area contributed by atoms with Crippen molar-refractivity contribution in [3.8, 4) is 0 Å². The average molecular weight is 286 g/mol. The van der Waals surface area contributed by atoms with Crippen LogP contribution in [-0.2, 0) is 4.74 Å². The third-order valence-corrected chi connectivity index (χ3v) is 3.55. The SMILES string of the molecule is COCC(Nc1ccc(Br)c(C)c1)C(C)C. The van der Waals surface area contributed by atoms with Crippen LogP contribution in [0, 0.1) is 12.8 Å². The van der Waals surface area contributed by atoms with Crippen molar-refractivity contribution < 1.29 is 4.74 Å². The number of ether oxygens (including phenoxy) is 1. The van der Waals surface area contributed by atoms with Gasteiger partial charge in [0.25, 0.3) is 0 Å². The summed E-state index contributed by atoms with van der Waals surface area (Å²) >= 11 is 3.50. The van der Waals surface area contributed by atoms with Gasteiger partial charge in [-0.3, -0.25) is 0 Å². The summed E-state index contributed by atoms with van der Waals surface area (Å²) in [7, 11) is 1.74. The molecule has 0 aliphatic carbocycles. The van der Waals surface area contributed by atoms with Crippen molar-refractivity contribution in [1.29, 1.82) is 0 Å². The van der Waals surface area contributed by atoms with Crippen molar-refractivity contribution in [1.82, 2.24) is 0 Å². The van der Waals surface area contributed by atoms with E-state index in [2.05, 4.69) is 60.2 Å². The van der Waals surface area contributed by atoms with E-state index >= 15 is 0 Å². The first-order valence-electron chi connectivity index (χ1n) is 5.56. The summed E-state index contributed by atoms with van der Waals surface area (Å²) in [4.78, 5) is 0. The third-order valence-electron chi connectivity index (χ3n) is 2.66. The molecular formula is C13H20BrNO. The maximum Gasteiger partial charge on any atom is 0.0666 e. The van der Waals surface area contributed by atoms with E-state index in [1.807, 2.05) is 0 Å². The maximum atomic E-state index is 5.22. The van der Waals surface area contributed by atoms with E-state index in [9.17, 15) is 0 Å². The van der Waals surface area contributed by atoms with Gasteiger partial charge in [0, 0.05) is 17.3 Å². The molecule has 90 valence electrons. The number of methoxy groups -OCH3 is 1. The number of anilines is 1. The highest BCUT2D eigenvalue weighted by molar-refractivity contribution is 9.10. The van der Waals surface area contributed by atoms with Gasteiger partial charge in [0.1, 0.15) is 0 Å². The van der Waals surface area contributed by atoms with Crippen molar-refractivity contribution in [2.75, 3.05) is 19.0 Å². The molecule has 0 saturated carbocycles. The fourth-order valence-electron chi connectivity index (χ4n) is 1.53. The van der Waals surface area contributed by atoms with Gasteiger partial charge in [0.15, 0.2) is 0 Å². The standard InChI is InChI=1S/C13H20BrNO/c1-9(2)13(8-16-4)15-11-5-6-12(14)10(3)7-11/h5-7,9,13,15H,8H2,1-4H3. The Morgan fingerprint density at radius 3 is 2.56 bits per heavy atom. The number of hydrogen-bond donors (Lipinski definition) is 1. The van der Waals surface area contributed by atoms with Crippen molar-refractivity contribution >= 4 is 21.6 Å². The molecule has 0 heterocycles.